The molecule has 0 bridgehead atoms. The number of hydrogen-bond donors (Lipinski definition) is 3. The summed E-state index contributed by atoms with van der Waals surface area (Å²) in [7, 11) is 0. The predicted molar refractivity (Wildman–Crippen MR) is 66.1 cm³/mol. The Kier molecular flexibility index (Phi) is 3.30. The van der Waals surface area contributed by atoms with Crippen LogP contribution in [0.2, 0.25) is 0 Å². The third kappa shape index (κ3) is 2.33. The Morgan fingerprint density at radius 2 is 1.67 bits per heavy atom. The minimum atomic E-state index is -1.71. The Morgan fingerprint density at radius 1 is 1.00 bits per heavy atom. The second kappa shape index (κ2) is 4.89. The highest BCUT2D eigenvalue weighted by Crippen LogP contribution is 2.30. The maximum absolute atomic E-state index is 10.6. The molecule has 4 nitrogen and oxygen atoms in total. The fourth-order valence-corrected chi connectivity index (χ4v) is 1.72. The lowest BCUT2D eigenvalue weighted by atomic mass is 10.0. The van der Waals surface area contributed by atoms with Crippen molar-refractivity contribution >= 4 is 5.97 Å². The Morgan fingerprint density at radius 3 is 2.22 bits per heavy atom. The van der Waals surface area contributed by atoms with E-state index in [1.807, 2.05) is 30.3 Å². The van der Waals surface area contributed by atoms with E-state index in [2.05, 4.69) is 0 Å². The van der Waals surface area contributed by atoms with E-state index < -0.39 is 12.1 Å². The summed E-state index contributed by atoms with van der Waals surface area (Å²) in [6.45, 7) is 0. The van der Waals surface area contributed by atoms with Crippen LogP contribution in [-0.2, 0) is 4.79 Å². The van der Waals surface area contributed by atoms with Crippen molar-refractivity contribution < 1.29 is 20.1 Å². The van der Waals surface area contributed by atoms with Crippen molar-refractivity contribution in [3.8, 4) is 16.9 Å². The van der Waals surface area contributed by atoms with Crippen molar-refractivity contribution in [1.82, 2.24) is 0 Å². The summed E-state index contributed by atoms with van der Waals surface area (Å²) in [6, 6.07) is 13.9. The summed E-state index contributed by atoms with van der Waals surface area (Å²) in [4.78, 5) is 10.6. The Balaban J connectivity index is 2.40. The lowest BCUT2D eigenvalue weighted by molar-refractivity contribution is -0.147. The van der Waals surface area contributed by atoms with Crippen molar-refractivity contribution in [2.45, 2.75) is 6.10 Å². The molecule has 1 atom stereocenters. The molecule has 3 N–H and O–H groups in total. The Labute approximate surface area is 104 Å². The molecule has 18 heavy (non-hydrogen) atoms. The number of carboxylic acids is 1. The van der Waals surface area contributed by atoms with E-state index in [0.717, 1.165) is 11.1 Å². The molecule has 0 saturated carbocycles. The summed E-state index contributed by atoms with van der Waals surface area (Å²) in [5.41, 5.74) is 1.65. The SMILES string of the molecule is O=C(O)C(O)c1ccc(-c2ccccc2)cc1O. The Bertz CT molecular complexity index is 563. The van der Waals surface area contributed by atoms with Gasteiger partial charge in [-0.25, -0.2) is 4.79 Å². The Hall–Kier alpha value is -2.33. The number of phenols is 1. The highest BCUT2D eigenvalue weighted by molar-refractivity contribution is 5.76. The molecule has 0 aromatic heterocycles. The molecule has 0 amide bonds. The average molecular weight is 244 g/mol. The quantitative estimate of drug-likeness (QED) is 0.773. The lowest BCUT2D eigenvalue weighted by Gasteiger charge is -2.10. The number of benzene rings is 2. The topological polar surface area (TPSA) is 77.8 Å². The molecule has 2 rings (SSSR count). The largest absolute Gasteiger partial charge is 0.508 e. The van der Waals surface area contributed by atoms with Crippen LogP contribution < -0.4 is 0 Å². The molecule has 0 radical (unpaired) electrons. The number of aliphatic hydroxyl groups is 1. The van der Waals surface area contributed by atoms with Crippen molar-refractivity contribution in [2.24, 2.45) is 0 Å². The van der Waals surface area contributed by atoms with Crippen LogP contribution in [0.5, 0.6) is 5.75 Å². The number of carbonyl (C=O) groups is 1. The molecule has 92 valence electrons. The van der Waals surface area contributed by atoms with Gasteiger partial charge in [-0.05, 0) is 17.2 Å². The zero-order valence-electron chi connectivity index (χ0n) is 9.45. The van der Waals surface area contributed by atoms with Crippen molar-refractivity contribution in [3.63, 3.8) is 0 Å². The maximum Gasteiger partial charge on any atom is 0.337 e. The van der Waals surface area contributed by atoms with E-state index in [9.17, 15) is 15.0 Å². The van der Waals surface area contributed by atoms with Gasteiger partial charge in [0, 0.05) is 5.56 Å². The number of hydrogen-bond acceptors (Lipinski definition) is 3. The third-order valence-corrected chi connectivity index (χ3v) is 2.67. The highest BCUT2D eigenvalue weighted by Gasteiger charge is 2.19. The van der Waals surface area contributed by atoms with Gasteiger partial charge in [-0.15, -0.1) is 0 Å². The summed E-state index contributed by atoms with van der Waals surface area (Å²) in [5.74, 6) is -1.62. The molecule has 0 heterocycles. The van der Waals surface area contributed by atoms with E-state index in [-0.39, 0.29) is 11.3 Å². The van der Waals surface area contributed by atoms with Gasteiger partial charge >= 0.3 is 5.97 Å². The standard InChI is InChI=1S/C14H12O4/c15-12-8-10(9-4-2-1-3-5-9)6-7-11(12)13(16)14(17)18/h1-8,13,15-16H,(H,17,18). The lowest BCUT2D eigenvalue weighted by Crippen LogP contribution is -2.10. The smallest absolute Gasteiger partial charge is 0.337 e. The van der Waals surface area contributed by atoms with E-state index >= 15 is 0 Å². The van der Waals surface area contributed by atoms with E-state index in [1.54, 1.807) is 6.07 Å². The van der Waals surface area contributed by atoms with Crippen molar-refractivity contribution in [3.05, 3.63) is 54.1 Å². The predicted octanol–water partition coefficient (Wildman–Crippen LogP) is 2.18. The van der Waals surface area contributed by atoms with Gasteiger partial charge in [0.1, 0.15) is 5.75 Å². The fraction of sp³-hybridized carbons (Fsp3) is 0.0714. The second-order valence-electron chi connectivity index (χ2n) is 3.88. The van der Waals surface area contributed by atoms with Crippen LogP contribution in [0.15, 0.2) is 48.5 Å². The number of aromatic hydroxyl groups is 1. The normalized spacial score (nSPS) is 12.1. The minimum absolute atomic E-state index is 0.0119. The highest BCUT2D eigenvalue weighted by atomic mass is 16.4. The monoisotopic (exact) mass is 244 g/mol. The number of aliphatic carboxylic acids is 1. The van der Waals surface area contributed by atoms with Crippen LogP contribution in [0.1, 0.15) is 11.7 Å². The number of rotatable bonds is 3. The average Bonchev–Trinajstić information content (AvgIpc) is 2.38. The second-order valence-corrected chi connectivity index (χ2v) is 3.88. The minimum Gasteiger partial charge on any atom is -0.508 e. The molecule has 4 heteroatoms. The molecule has 0 fully saturated rings. The van der Waals surface area contributed by atoms with Gasteiger partial charge in [0.25, 0.3) is 0 Å². The first-order valence-electron chi connectivity index (χ1n) is 5.39. The summed E-state index contributed by atoms with van der Waals surface area (Å²) in [5, 5.41) is 27.8. The fourth-order valence-electron chi connectivity index (χ4n) is 1.72. The summed E-state index contributed by atoms with van der Waals surface area (Å²) >= 11 is 0. The number of phenolic OH excluding ortho intramolecular Hbond substituents is 1. The number of aliphatic hydroxyl groups excluding tert-OH is 1. The van der Waals surface area contributed by atoms with Crippen LogP contribution in [0, 0.1) is 0 Å². The molecule has 0 aliphatic rings. The molecule has 0 spiro atoms. The van der Waals surface area contributed by atoms with Crippen molar-refractivity contribution in [1.29, 1.82) is 0 Å². The van der Waals surface area contributed by atoms with E-state index in [1.165, 1.54) is 12.1 Å². The van der Waals surface area contributed by atoms with Gasteiger partial charge in [0.15, 0.2) is 6.10 Å². The van der Waals surface area contributed by atoms with Crippen LogP contribution in [0.4, 0.5) is 0 Å². The van der Waals surface area contributed by atoms with Gasteiger partial charge in [0.05, 0.1) is 0 Å². The molecule has 2 aromatic rings. The first-order chi connectivity index (χ1) is 8.59. The molecular formula is C14H12O4. The molecule has 1 unspecified atom stereocenters. The van der Waals surface area contributed by atoms with E-state index in [0.29, 0.717) is 0 Å². The molecule has 0 aliphatic carbocycles. The third-order valence-electron chi connectivity index (χ3n) is 2.67. The van der Waals surface area contributed by atoms with Gasteiger partial charge < -0.3 is 15.3 Å². The van der Waals surface area contributed by atoms with Gasteiger partial charge in [0.2, 0.25) is 0 Å². The maximum atomic E-state index is 10.6. The van der Waals surface area contributed by atoms with Crippen LogP contribution >= 0.6 is 0 Å². The summed E-state index contributed by atoms with van der Waals surface area (Å²) in [6.07, 6.45) is -1.71. The first kappa shape index (κ1) is 12.1. The van der Waals surface area contributed by atoms with Crippen LogP contribution in [0.25, 0.3) is 11.1 Å². The van der Waals surface area contributed by atoms with Gasteiger partial charge in [-0.3, -0.25) is 0 Å². The first-order valence-corrected chi connectivity index (χ1v) is 5.39. The van der Waals surface area contributed by atoms with Gasteiger partial charge in [-0.2, -0.15) is 0 Å². The van der Waals surface area contributed by atoms with E-state index in [4.69, 9.17) is 5.11 Å². The van der Waals surface area contributed by atoms with Crippen LogP contribution in [-0.4, -0.2) is 21.3 Å². The zero-order chi connectivity index (χ0) is 13.1. The summed E-state index contributed by atoms with van der Waals surface area (Å²) < 4.78 is 0. The van der Waals surface area contributed by atoms with Gasteiger partial charge in [-0.1, -0.05) is 42.5 Å². The molecule has 0 aliphatic heterocycles. The van der Waals surface area contributed by atoms with Crippen molar-refractivity contribution in [2.75, 3.05) is 0 Å². The zero-order valence-corrected chi connectivity index (χ0v) is 9.45. The van der Waals surface area contributed by atoms with Crippen LogP contribution in [0.3, 0.4) is 0 Å². The molecule has 2 aromatic carbocycles. The molecule has 0 saturated heterocycles. The molecular weight excluding hydrogens is 232 g/mol. The number of carboxylic acid groups (broad SMARTS) is 1.